The van der Waals surface area contributed by atoms with Crippen LogP contribution in [0.15, 0.2) is 48.5 Å². The largest absolute Gasteiger partial charge is 0.508 e. The minimum atomic E-state index is -1.70. The van der Waals surface area contributed by atoms with E-state index < -0.39 is 163 Å². The number of nitrogens with two attached hydrogens (primary N) is 3. The average molecular weight is 1330 g/mol. The van der Waals surface area contributed by atoms with Crippen molar-refractivity contribution in [1.29, 1.82) is 0 Å². The Balaban J connectivity index is 1.29. The molecule has 12 amide bonds. The van der Waals surface area contributed by atoms with Gasteiger partial charge in [-0.15, -0.1) is 0 Å². The first-order chi connectivity index (χ1) is 44.3. The van der Waals surface area contributed by atoms with Gasteiger partial charge in [0.05, 0.1) is 0 Å². The third-order valence-electron chi connectivity index (χ3n) is 17.2. The number of carbonyl (C=O) groups excluding carboxylic acids is 12. The van der Waals surface area contributed by atoms with Crippen molar-refractivity contribution in [2.24, 2.45) is 29.0 Å². The molecule has 2 aromatic carbocycles. The summed E-state index contributed by atoms with van der Waals surface area (Å²) in [4.78, 5) is 184. The molecule has 28 nitrogen and oxygen atoms in total. The fraction of sp³-hybridized carbons (Fsp3) is 0.603. The van der Waals surface area contributed by atoms with E-state index in [9.17, 15) is 72.5 Å². The van der Waals surface area contributed by atoms with Crippen LogP contribution >= 0.6 is 23.5 Å². The highest BCUT2D eigenvalue weighted by Crippen LogP contribution is 2.29. The number of hydrogen-bond donors (Lipinski definition) is 12. The summed E-state index contributed by atoms with van der Waals surface area (Å²) < 4.78 is 0. The number of benzene rings is 2. The highest BCUT2D eigenvalue weighted by Gasteiger charge is 2.46. The molecule has 12 atom stereocenters. The van der Waals surface area contributed by atoms with Gasteiger partial charge in [-0.3, -0.25) is 62.3 Å². The maximum Gasteiger partial charge on any atom is 0.303 e. The van der Waals surface area contributed by atoms with E-state index in [1.807, 2.05) is 45.0 Å². The minimum absolute atomic E-state index is 0.0344. The molecule has 2 aromatic rings. The maximum atomic E-state index is 15.0. The molecule has 5 heterocycles. The van der Waals surface area contributed by atoms with Crippen molar-refractivity contribution in [3.8, 4) is 5.75 Å². The molecule has 510 valence electrons. The number of aromatic hydroxyl groups is 1. The molecule has 3 saturated heterocycles. The highest BCUT2D eigenvalue weighted by molar-refractivity contribution is 7.98. The van der Waals surface area contributed by atoms with Crippen molar-refractivity contribution in [2.75, 3.05) is 37.7 Å². The number of phenolic OH excluding ortho intramolecular Hbond substituents is 1. The van der Waals surface area contributed by atoms with E-state index in [-0.39, 0.29) is 86.7 Å². The van der Waals surface area contributed by atoms with Gasteiger partial charge in [0.1, 0.15) is 66.2 Å². The fourth-order valence-electron chi connectivity index (χ4n) is 11.9. The zero-order valence-electron chi connectivity index (χ0n) is 53.2. The van der Waals surface area contributed by atoms with Gasteiger partial charge in [0, 0.05) is 68.8 Å². The summed E-state index contributed by atoms with van der Waals surface area (Å²) in [5.74, 6) is -10.1. The number of thioether (sulfide) groups is 2. The Kier molecular flexibility index (Phi) is 28.6. The van der Waals surface area contributed by atoms with Crippen molar-refractivity contribution < 1.29 is 72.5 Å². The Morgan fingerprint density at radius 1 is 0.720 bits per heavy atom. The number of nitrogens with zero attached hydrogens (tertiary/aromatic N) is 3. The lowest BCUT2D eigenvalue weighted by Gasteiger charge is -2.40. The fourth-order valence-corrected chi connectivity index (χ4v) is 14.0. The molecule has 0 radical (unpaired) electrons. The summed E-state index contributed by atoms with van der Waals surface area (Å²) in [5, 5.41) is 38.8. The number of piperidine rings is 1. The highest BCUT2D eigenvalue weighted by atomic mass is 32.2. The molecule has 3 fully saturated rings. The Morgan fingerprint density at radius 2 is 1.32 bits per heavy atom. The number of unbranched alkanes of at least 4 members (excludes halogenated alkanes) is 1. The zero-order valence-corrected chi connectivity index (χ0v) is 54.8. The van der Waals surface area contributed by atoms with Gasteiger partial charge in [-0.1, -0.05) is 63.6 Å². The molecule has 4 bridgehead atoms. The molecular weight excluding hydrogens is 1240 g/mol. The van der Waals surface area contributed by atoms with Gasteiger partial charge in [0.2, 0.25) is 70.9 Å². The van der Waals surface area contributed by atoms with E-state index >= 15 is 0 Å². The lowest BCUT2D eigenvalue weighted by molar-refractivity contribution is -0.148. The Labute approximate surface area is 549 Å². The number of carbonyl (C=O) groups is 13. The summed E-state index contributed by atoms with van der Waals surface area (Å²) in [5.41, 5.74) is 19.3. The van der Waals surface area contributed by atoms with Crippen LogP contribution in [-0.2, 0) is 80.3 Å². The lowest BCUT2D eigenvalue weighted by Crippen LogP contribution is -2.63. The van der Waals surface area contributed by atoms with E-state index in [4.69, 9.17) is 17.2 Å². The molecule has 0 aromatic heterocycles. The van der Waals surface area contributed by atoms with E-state index in [0.29, 0.717) is 49.8 Å². The van der Waals surface area contributed by atoms with E-state index in [1.54, 1.807) is 0 Å². The van der Waals surface area contributed by atoms with Gasteiger partial charge in [0.15, 0.2) is 0 Å². The Bertz CT molecular complexity index is 3020. The monoisotopic (exact) mass is 1330 g/mol. The molecule has 93 heavy (non-hydrogen) atoms. The van der Waals surface area contributed by atoms with Gasteiger partial charge < -0.3 is 79.3 Å². The standard InChI is InChI=1S/C63H91N13O15S2/c1-5-36(3)53(67-37(4)77)63(91)75-27-9-12-49(75)62(90)74-26-8-11-48(74)60(88)70-42(10-6-7-25-64)55(83)71-45(29-38-17-19-41(78)20-18-38)58(86)73-47-33-92-31-39-13-15-40(16-14-39)32-93-34-50(54(66)82)76-30-35(2)28-46(61(76)89)72-57(85)43(21-23-51(65)79)68-56(84)44(69-59(47)87)22-24-52(80)81/h13-20,35-36,42-50,53,78H,5-12,21-34,64H2,1-4H3,(H2,65,79)(H2,66,82)(H,67,77)(H,68,84)(H,69,87)(H,70,88)(H,71,83)(H,72,85)(H,73,86)(H,80,81)/t35?,36-,42-,43-,44-,45-,46?,47-,48-,49-,50-,53?/m0/s1. The second-order valence-corrected chi connectivity index (χ2v) is 26.6. The number of amides is 12. The van der Waals surface area contributed by atoms with E-state index in [0.717, 1.165) is 11.1 Å². The molecule has 0 spiro atoms. The third kappa shape index (κ3) is 21.8. The molecule has 3 unspecified atom stereocenters. The first-order valence-corrected chi connectivity index (χ1v) is 34.1. The number of phenols is 1. The van der Waals surface area contributed by atoms with Crippen molar-refractivity contribution >= 4 is 100 Å². The molecule has 0 saturated carbocycles. The van der Waals surface area contributed by atoms with Gasteiger partial charge in [-0.2, -0.15) is 23.5 Å². The second kappa shape index (κ2) is 35.9. The molecule has 5 aliphatic rings. The topological polar surface area (TPSA) is 434 Å². The van der Waals surface area contributed by atoms with Gasteiger partial charge in [0.25, 0.3) is 0 Å². The van der Waals surface area contributed by atoms with Crippen LogP contribution in [0.4, 0.5) is 0 Å². The molecule has 0 aliphatic carbocycles. The molecule has 7 rings (SSSR count). The minimum Gasteiger partial charge on any atom is -0.508 e. The second-order valence-electron chi connectivity index (χ2n) is 24.5. The van der Waals surface area contributed by atoms with Crippen LogP contribution in [0.1, 0.15) is 128 Å². The smallest absolute Gasteiger partial charge is 0.303 e. The molecule has 15 N–H and O–H groups in total. The normalized spacial score (nSPS) is 23.8. The number of likely N-dealkylation sites (tertiary alicyclic amines) is 2. The summed E-state index contributed by atoms with van der Waals surface area (Å²) >= 11 is 2.56. The summed E-state index contributed by atoms with van der Waals surface area (Å²) in [6.07, 6.45) is 0.761. The number of aliphatic carboxylic acids is 1. The lowest BCUT2D eigenvalue weighted by atomic mass is 9.93. The predicted octanol–water partition coefficient (Wildman–Crippen LogP) is -0.462. The van der Waals surface area contributed by atoms with Crippen LogP contribution in [0.5, 0.6) is 5.75 Å². The van der Waals surface area contributed by atoms with E-state index in [1.165, 1.54) is 69.4 Å². The van der Waals surface area contributed by atoms with Crippen LogP contribution in [0, 0.1) is 11.8 Å². The van der Waals surface area contributed by atoms with Crippen LogP contribution in [0.2, 0.25) is 0 Å². The van der Waals surface area contributed by atoms with Crippen molar-refractivity contribution in [3.63, 3.8) is 0 Å². The van der Waals surface area contributed by atoms with E-state index in [2.05, 4.69) is 37.2 Å². The molecular formula is C63H91N13O15S2. The predicted molar refractivity (Wildman–Crippen MR) is 345 cm³/mol. The third-order valence-corrected chi connectivity index (χ3v) is 19.4. The summed E-state index contributed by atoms with van der Waals surface area (Å²) in [6.45, 7) is 7.73. The first-order valence-electron chi connectivity index (χ1n) is 31.8. The van der Waals surface area contributed by atoms with Crippen LogP contribution in [0.25, 0.3) is 0 Å². The SMILES string of the molecule is CC[C@H](C)C(NC(C)=O)C(=O)N1CCC[C@H]1C(=O)N1CCC[C@H]1C(=O)N[C@@H](CCCCN)C(=O)N[C@@H](Cc1ccc(O)cc1)C(=O)N[C@H]1CSCc2ccc(cc2)CSC[C@@H](C(N)=O)N2CC(C)CC(NC(=O)[C@H](CCC(N)=O)NC(=O)[C@H](CCC(=O)O)NC1=O)C2=O. The quantitative estimate of drug-likeness (QED) is 0.0467. The van der Waals surface area contributed by atoms with Crippen LogP contribution in [-0.4, -0.2) is 200 Å². The zero-order chi connectivity index (χ0) is 68.1. The van der Waals surface area contributed by atoms with Crippen molar-refractivity contribution in [1.82, 2.24) is 51.9 Å². The summed E-state index contributed by atoms with van der Waals surface area (Å²) in [6, 6.07) is 0.494. The van der Waals surface area contributed by atoms with Gasteiger partial charge in [-0.25, -0.2) is 0 Å². The maximum absolute atomic E-state index is 15.0. The molecule has 5 aliphatic heterocycles. The number of nitrogens with one attached hydrogen (secondary N) is 7. The van der Waals surface area contributed by atoms with Crippen LogP contribution < -0.4 is 54.4 Å². The number of carboxylic acids is 1. The molecule has 30 heteroatoms. The Morgan fingerprint density at radius 3 is 1.92 bits per heavy atom. The van der Waals surface area contributed by atoms with Crippen molar-refractivity contribution in [2.45, 2.75) is 190 Å². The van der Waals surface area contributed by atoms with Gasteiger partial charge in [-0.05, 0) is 111 Å². The number of carboxylic acid groups (broad SMARTS) is 1. The number of primary amides is 2. The first kappa shape index (κ1) is 74.1. The number of rotatable bonds is 24. The number of hydrogen-bond acceptors (Lipinski definition) is 17. The summed E-state index contributed by atoms with van der Waals surface area (Å²) in [7, 11) is 0. The number of fused-ring (bicyclic) bond motifs is 16. The van der Waals surface area contributed by atoms with Crippen molar-refractivity contribution in [3.05, 3.63) is 65.2 Å². The van der Waals surface area contributed by atoms with Gasteiger partial charge >= 0.3 is 5.97 Å². The van der Waals surface area contributed by atoms with Crippen LogP contribution in [0.3, 0.4) is 0 Å². The Hall–Kier alpha value is -7.99. The average Bonchev–Trinajstić information content (AvgIpc) is 1.78.